The first-order chi connectivity index (χ1) is 19.6. The van der Waals surface area contributed by atoms with Crippen molar-refractivity contribution in [2.75, 3.05) is 38.7 Å². The number of aromatic nitrogens is 1. The Kier molecular flexibility index (Phi) is 6.51. The number of halogens is 2. The molecule has 1 spiro atoms. The molecule has 2 aliphatic heterocycles. The minimum absolute atomic E-state index is 0.0441. The van der Waals surface area contributed by atoms with Crippen molar-refractivity contribution in [1.82, 2.24) is 13.8 Å². The summed E-state index contributed by atoms with van der Waals surface area (Å²) in [6, 6.07) is 14.5. The summed E-state index contributed by atoms with van der Waals surface area (Å²) in [7, 11) is -0.615. The van der Waals surface area contributed by atoms with Crippen molar-refractivity contribution in [2.45, 2.75) is 16.4 Å². The minimum Gasteiger partial charge on any atom is -0.497 e. The molecule has 0 bridgehead atoms. The molecular weight excluding hydrogens is 554 g/mol. The number of hydrogen-bond donors (Lipinski definition) is 2. The van der Waals surface area contributed by atoms with Crippen molar-refractivity contribution in [1.29, 1.82) is 0 Å². The van der Waals surface area contributed by atoms with E-state index in [1.54, 1.807) is 7.11 Å². The van der Waals surface area contributed by atoms with Gasteiger partial charge in [0, 0.05) is 54.9 Å². The molecule has 0 unspecified atom stereocenters. The number of aliphatic hydroxyl groups is 1. The fraction of sp³-hybridized carbons (Fsp3) is 0.276. The molecule has 1 aromatic heterocycles. The first-order valence-corrected chi connectivity index (χ1v) is 14.4. The van der Waals surface area contributed by atoms with Crippen LogP contribution in [-0.4, -0.2) is 66.7 Å². The monoisotopic (exact) mass is 582 g/mol. The maximum absolute atomic E-state index is 13.9. The molecule has 6 rings (SSSR count). The van der Waals surface area contributed by atoms with E-state index in [9.17, 15) is 27.1 Å². The minimum atomic E-state index is -4.01. The molecule has 3 heterocycles. The van der Waals surface area contributed by atoms with E-state index in [-0.39, 0.29) is 31.1 Å². The van der Waals surface area contributed by atoms with Crippen molar-refractivity contribution in [3.63, 3.8) is 0 Å². The molecule has 1 fully saturated rings. The Morgan fingerprint density at radius 2 is 1.78 bits per heavy atom. The Bertz CT molecular complexity index is 1770. The van der Waals surface area contributed by atoms with Crippen LogP contribution in [0.15, 0.2) is 71.6 Å². The van der Waals surface area contributed by atoms with Crippen LogP contribution in [0.2, 0.25) is 0 Å². The number of urea groups is 1. The molecule has 9 nitrogen and oxygen atoms in total. The summed E-state index contributed by atoms with van der Waals surface area (Å²) >= 11 is 0. The molecule has 3 aromatic carbocycles. The van der Waals surface area contributed by atoms with E-state index in [0.717, 1.165) is 22.5 Å². The van der Waals surface area contributed by atoms with Gasteiger partial charge in [0.05, 0.1) is 30.2 Å². The van der Waals surface area contributed by atoms with E-state index in [2.05, 4.69) is 5.32 Å². The van der Waals surface area contributed by atoms with Crippen molar-refractivity contribution in [2.24, 2.45) is 7.05 Å². The number of nitrogens with zero attached hydrogens (tertiary/aromatic N) is 3. The summed E-state index contributed by atoms with van der Waals surface area (Å²) in [5, 5.41) is 14.2. The van der Waals surface area contributed by atoms with Crippen LogP contribution >= 0.6 is 0 Å². The van der Waals surface area contributed by atoms with Crippen LogP contribution in [0.1, 0.15) is 17.3 Å². The third-order valence-corrected chi connectivity index (χ3v) is 9.86. The van der Waals surface area contributed by atoms with E-state index in [1.807, 2.05) is 29.8 Å². The first-order valence-electron chi connectivity index (χ1n) is 12.9. The number of carbonyl (C=O) groups excluding carboxylic acids is 1. The fourth-order valence-corrected chi connectivity index (χ4v) is 7.78. The molecule has 0 saturated carbocycles. The number of amides is 2. The zero-order chi connectivity index (χ0) is 29.1. The maximum Gasteiger partial charge on any atom is 0.322 e. The predicted octanol–water partition coefficient (Wildman–Crippen LogP) is 3.99. The number of carbonyl (C=O) groups is 1. The number of aryl methyl sites for hydroxylation is 1. The van der Waals surface area contributed by atoms with Crippen LogP contribution in [0.4, 0.5) is 19.3 Å². The molecule has 1 saturated heterocycles. The molecule has 1 atom stereocenters. The van der Waals surface area contributed by atoms with Gasteiger partial charge in [-0.05, 0) is 60.2 Å². The van der Waals surface area contributed by atoms with Gasteiger partial charge in [-0.2, -0.15) is 4.31 Å². The Balaban J connectivity index is 1.44. The molecule has 41 heavy (non-hydrogen) atoms. The van der Waals surface area contributed by atoms with Gasteiger partial charge in [0.2, 0.25) is 10.0 Å². The predicted molar refractivity (Wildman–Crippen MR) is 148 cm³/mol. The second kappa shape index (κ2) is 9.82. The van der Waals surface area contributed by atoms with Crippen LogP contribution in [0.25, 0.3) is 10.9 Å². The summed E-state index contributed by atoms with van der Waals surface area (Å²) in [5.74, 6) is -0.476. The van der Waals surface area contributed by atoms with Crippen LogP contribution in [-0.2, 0) is 22.5 Å². The number of anilines is 1. The number of fused-ring (bicyclic) bond motifs is 4. The molecule has 2 N–H and O–H groups in total. The van der Waals surface area contributed by atoms with Gasteiger partial charge in [-0.1, -0.05) is 6.07 Å². The topological polar surface area (TPSA) is 104 Å². The molecule has 12 heteroatoms. The van der Waals surface area contributed by atoms with Crippen LogP contribution in [0, 0.1) is 11.6 Å². The van der Waals surface area contributed by atoms with E-state index >= 15 is 0 Å². The molecular formula is C29H28F2N4O5S. The third-order valence-electron chi connectivity index (χ3n) is 8.07. The van der Waals surface area contributed by atoms with Crippen LogP contribution in [0.5, 0.6) is 5.75 Å². The molecule has 2 aliphatic rings. The third kappa shape index (κ3) is 4.33. The highest BCUT2D eigenvalue weighted by Gasteiger charge is 2.57. The molecule has 2 amide bonds. The van der Waals surface area contributed by atoms with E-state index in [0.29, 0.717) is 17.1 Å². The van der Waals surface area contributed by atoms with Crippen molar-refractivity contribution < 1.29 is 31.8 Å². The van der Waals surface area contributed by atoms with E-state index in [1.165, 1.54) is 51.7 Å². The number of methoxy groups -OCH3 is 1. The standard InChI is InChI=1S/C29H28F2N4O5S/c1-33-24-13-21(40-2)10-11-23(24)26-27(33)25(14-36)35(28(37)32-20-8-6-18(30)7-9-20)17-29(26)15-34(16-29)41(38,39)22-5-3-4-19(31)12-22/h3-13,25,36H,14-17H2,1-2H3,(H,32,37)/t25-/m0/s1. The van der Waals surface area contributed by atoms with Gasteiger partial charge in [-0.3, -0.25) is 0 Å². The highest BCUT2D eigenvalue weighted by Crippen LogP contribution is 2.50. The lowest BCUT2D eigenvalue weighted by Gasteiger charge is -2.55. The molecule has 0 radical (unpaired) electrons. The Labute approximate surface area is 235 Å². The summed E-state index contributed by atoms with van der Waals surface area (Å²) in [6.45, 7) is -0.185. The van der Waals surface area contributed by atoms with Gasteiger partial charge in [0.1, 0.15) is 17.4 Å². The number of rotatable bonds is 5. The summed E-state index contributed by atoms with van der Waals surface area (Å²) in [6.07, 6.45) is 0. The van der Waals surface area contributed by atoms with Gasteiger partial charge in [0.25, 0.3) is 0 Å². The first kappa shape index (κ1) is 27.2. The Morgan fingerprint density at radius 3 is 2.44 bits per heavy atom. The maximum atomic E-state index is 13.9. The largest absolute Gasteiger partial charge is 0.497 e. The van der Waals surface area contributed by atoms with Gasteiger partial charge in [-0.25, -0.2) is 22.0 Å². The van der Waals surface area contributed by atoms with E-state index < -0.39 is 39.1 Å². The average molecular weight is 583 g/mol. The average Bonchev–Trinajstić information content (AvgIpc) is 3.24. The molecule has 214 valence electrons. The second-order valence-electron chi connectivity index (χ2n) is 10.5. The Morgan fingerprint density at radius 1 is 1.05 bits per heavy atom. The molecule has 4 aromatic rings. The van der Waals surface area contributed by atoms with Gasteiger partial charge in [-0.15, -0.1) is 0 Å². The van der Waals surface area contributed by atoms with Crippen LogP contribution in [0.3, 0.4) is 0 Å². The lowest BCUT2D eigenvalue weighted by atomic mass is 9.70. The van der Waals surface area contributed by atoms with Crippen LogP contribution < -0.4 is 10.1 Å². The highest BCUT2D eigenvalue weighted by molar-refractivity contribution is 7.89. The van der Waals surface area contributed by atoms with Gasteiger partial charge >= 0.3 is 6.03 Å². The van der Waals surface area contributed by atoms with Crippen molar-refractivity contribution >= 4 is 32.6 Å². The summed E-state index contributed by atoms with van der Waals surface area (Å²) in [4.78, 5) is 15.0. The Hall–Kier alpha value is -4.00. The summed E-state index contributed by atoms with van der Waals surface area (Å²) in [5.41, 5.74) is 1.90. The highest BCUT2D eigenvalue weighted by atomic mass is 32.2. The normalized spacial score (nSPS) is 18.3. The second-order valence-corrected chi connectivity index (χ2v) is 12.4. The number of hydrogen-bond acceptors (Lipinski definition) is 5. The number of sulfonamides is 1. The van der Waals surface area contributed by atoms with E-state index in [4.69, 9.17) is 4.74 Å². The smallest absolute Gasteiger partial charge is 0.322 e. The van der Waals surface area contributed by atoms with Crippen molar-refractivity contribution in [3.8, 4) is 5.75 Å². The van der Waals surface area contributed by atoms with Crippen molar-refractivity contribution in [3.05, 3.63) is 89.6 Å². The quantitative estimate of drug-likeness (QED) is 0.371. The zero-order valence-electron chi connectivity index (χ0n) is 22.3. The SMILES string of the molecule is COc1ccc2c3c(n(C)c2c1)[C@H](CO)N(C(=O)Nc1ccc(F)cc1)CC31CN(S(=O)(=O)c2cccc(F)c2)C1. The zero-order valence-corrected chi connectivity index (χ0v) is 23.2. The van der Waals surface area contributed by atoms with Gasteiger partial charge < -0.3 is 24.6 Å². The number of ether oxygens (including phenoxy) is 1. The molecule has 0 aliphatic carbocycles. The number of aliphatic hydroxyl groups excluding tert-OH is 1. The lowest BCUT2D eigenvalue weighted by molar-refractivity contribution is 0.0535. The van der Waals surface area contributed by atoms with Gasteiger partial charge in [0.15, 0.2) is 0 Å². The lowest BCUT2D eigenvalue weighted by Crippen LogP contribution is -2.68. The number of nitrogens with one attached hydrogen (secondary N) is 1. The summed E-state index contributed by atoms with van der Waals surface area (Å²) < 4.78 is 62.8. The number of benzene rings is 3. The fourth-order valence-electron chi connectivity index (χ4n) is 6.13.